The first-order valence-corrected chi connectivity index (χ1v) is 21.7. The summed E-state index contributed by atoms with van der Waals surface area (Å²) in [6, 6.07) is 15.0. The van der Waals surface area contributed by atoms with Crippen molar-refractivity contribution in [2.75, 3.05) is 26.7 Å². The van der Waals surface area contributed by atoms with E-state index >= 15 is 0 Å². The van der Waals surface area contributed by atoms with E-state index in [-0.39, 0.29) is 51.7 Å². The predicted molar refractivity (Wildman–Crippen MR) is 221 cm³/mol. The van der Waals surface area contributed by atoms with Crippen LogP contribution in [0.25, 0.3) is 22.2 Å². The Labute approximate surface area is 355 Å². The number of aromatic nitrogens is 1. The molecule has 2 aromatic carbocycles. The molecule has 0 bridgehead atoms. The number of fused-ring (bicyclic) bond motifs is 1. The highest BCUT2D eigenvalue weighted by atomic mass is 32.2. The number of halogens is 3. The maximum atomic E-state index is 14.9. The van der Waals surface area contributed by atoms with Gasteiger partial charge < -0.3 is 24.6 Å². The van der Waals surface area contributed by atoms with Gasteiger partial charge in [0.15, 0.2) is 0 Å². The third-order valence-corrected chi connectivity index (χ3v) is 13.3. The minimum Gasteiger partial charge on any atom is -0.497 e. The van der Waals surface area contributed by atoms with Crippen molar-refractivity contribution in [3.05, 3.63) is 67.3 Å². The molecule has 1 unspecified atom stereocenters. The highest BCUT2D eigenvalue weighted by Gasteiger charge is 2.64. The fourth-order valence-corrected chi connectivity index (χ4v) is 9.40. The van der Waals surface area contributed by atoms with Crippen molar-refractivity contribution in [2.24, 2.45) is 23.2 Å². The van der Waals surface area contributed by atoms with Crippen LogP contribution >= 0.6 is 0 Å². The number of pyridine rings is 1. The van der Waals surface area contributed by atoms with Gasteiger partial charge in [-0.25, -0.2) is 13.5 Å². The topological polar surface area (TPSA) is 159 Å². The van der Waals surface area contributed by atoms with Crippen LogP contribution in [0.5, 0.6) is 11.5 Å². The van der Waals surface area contributed by atoms with Gasteiger partial charge in [-0.3, -0.25) is 23.7 Å². The number of hydrogen-bond donors (Lipinski definition) is 2. The third-order valence-electron chi connectivity index (χ3n) is 12.5. The van der Waals surface area contributed by atoms with Crippen molar-refractivity contribution >= 4 is 45.8 Å². The van der Waals surface area contributed by atoms with E-state index in [4.69, 9.17) is 14.5 Å². The normalized spacial score (nSPS) is 24.2. The summed E-state index contributed by atoms with van der Waals surface area (Å²) in [4.78, 5) is 64.9. The number of hydrogen-bond acceptors (Lipinski definition) is 8. The lowest BCUT2D eigenvalue weighted by Crippen LogP contribution is -2.57. The second kappa shape index (κ2) is 17.0. The number of nitrogens with zero attached hydrogens (tertiary/aromatic N) is 4. The molecule has 6 atom stereocenters. The first-order chi connectivity index (χ1) is 28.8. The second-order valence-electron chi connectivity index (χ2n) is 17.7. The molecule has 3 aromatic rings. The Balaban J connectivity index is 1.20. The van der Waals surface area contributed by atoms with Gasteiger partial charge in [0.25, 0.3) is 17.2 Å². The van der Waals surface area contributed by atoms with Crippen molar-refractivity contribution < 1.29 is 50.6 Å². The highest BCUT2D eigenvalue weighted by molar-refractivity contribution is 7.77. The number of carbonyl (C=O) groups is 4. The lowest BCUT2D eigenvalue weighted by molar-refractivity contribution is -0.186. The minimum absolute atomic E-state index is 0.0186. The Morgan fingerprint density at radius 2 is 1.75 bits per heavy atom. The minimum atomic E-state index is -4.36. The molecule has 2 aliphatic heterocycles. The molecule has 0 spiro atoms. The number of benzene rings is 2. The van der Waals surface area contributed by atoms with Crippen molar-refractivity contribution in [1.82, 2.24) is 24.4 Å². The van der Waals surface area contributed by atoms with Crippen LogP contribution < -0.4 is 14.8 Å². The molecule has 1 aromatic heterocycles. The zero-order valence-electron chi connectivity index (χ0n) is 34.7. The zero-order valence-corrected chi connectivity index (χ0v) is 35.5. The molecule has 328 valence electrons. The van der Waals surface area contributed by atoms with Crippen LogP contribution in [0, 0.1) is 23.2 Å². The Hall–Kier alpha value is -5.03. The van der Waals surface area contributed by atoms with Crippen molar-refractivity contribution in [1.29, 1.82) is 0 Å². The van der Waals surface area contributed by atoms with E-state index in [1.807, 2.05) is 30.3 Å². The molecule has 4 aliphatic rings. The standard InChI is InChI=1S/C44H52F3N5O8S/c1-6-27-24-43(27,41(56)52(61(57)58)29-12-13-29)49-39(54)36-21-31(60-37-23-34(26-10-8-7-9-11-26)48-35-20-30(59-5)14-15-32(35)37)25-51(36)40(55)33(42(2,3)4)22-38(53)50-18-16-28(17-19-50)44(45,46)47/h6-11,14-15,20,23,27-29,31,33,36H,1,12-13,16-19,21-22,24-25H2,2-5H3,(H,49,54)(H,57,58)/t27-,31-,33-,36+,43-/m1/s1. The van der Waals surface area contributed by atoms with Crippen LogP contribution in [0.1, 0.15) is 65.7 Å². The van der Waals surface area contributed by atoms with Gasteiger partial charge in [-0.05, 0) is 49.7 Å². The molecule has 13 nitrogen and oxygen atoms in total. The van der Waals surface area contributed by atoms with Crippen LogP contribution in [-0.2, 0) is 30.4 Å². The van der Waals surface area contributed by atoms with E-state index in [1.165, 1.54) is 15.9 Å². The quantitative estimate of drug-likeness (QED) is 0.149. The monoisotopic (exact) mass is 867 g/mol. The van der Waals surface area contributed by atoms with Crippen LogP contribution in [0.4, 0.5) is 13.2 Å². The first kappa shape index (κ1) is 44.0. The van der Waals surface area contributed by atoms with E-state index in [1.54, 1.807) is 52.1 Å². The number of likely N-dealkylation sites (tertiary alicyclic amines) is 2. The summed E-state index contributed by atoms with van der Waals surface area (Å²) in [5, 5.41) is 3.51. The Kier molecular flexibility index (Phi) is 12.3. The summed E-state index contributed by atoms with van der Waals surface area (Å²) < 4.78 is 75.9. The molecular weight excluding hydrogens is 816 g/mol. The molecule has 2 N–H and O–H groups in total. The molecular formula is C44H52F3N5O8S. The number of ether oxygens (including phenoxy) is 2. The second-order valence-corrected chi connectivity index (χ2v) is 18.5. The molecule has 17 heteroatoms. The number of rotatable bonds is 13. The smallest absolute Gasteiger partial charge is 0.391 e. The number of alkyl halides is 3. The molecule has 3 heterocycles. The summed E-state index contributed by atoms with van der Waals surface area (Å²) in [5.74, 6) is -4.40. The van der Waals surface area contributed by atoms with Crippen molar-refractivity contribution in [3.63, 3.8) is 0 Å². The number of nitrogens with one attached hydrogen (secondary N) is 1. The number of methoxy groups -OCH3 is 1. The van der Waals surface area contributed by atoms with Crippen LogP contribution in [-0.4, -0.2) is 108 Å². The van der Waals surface area contributed by atoms with Gasteiger partial charge in [0.1, 0.15) is 29.2 Å². The van der Waals surface area contributed by atoms with Gasteiger partial charge in [0, 0.05) is 61.0 Å². The summed E-state index contributed by atoms with van der Waals surface area (Å²) in [6.45, 7) is 8.91. The van der Waals surface area contributed by atoms with Crippen molar-refractivity contribution in [3.8, 4) is 22.8 Å². The van der Waals surface area contributed by atoms with E-state index in [2.05, 4.69) is 11.9 Å². The number of amides is 4. The zero-order chi connectivity index (χ0) is 44.0. The molecule has 0 radical (unpaired) electrons. The summed E-state index contributed by atoms with van der Waals surface area (Å²) in [5.41, 5.74) is -0.390. The Morgan fingerprint density at radius 3 is 2.33 bits per heavy atom. The molecule has 2 saturated heterocycles. The molecule has 4 fully saturated rings. The summed E-state index contributed by atoms with van der Waals surface area (Å²) >= 11 is -2.64. The van der Waals surface area contributed by atoms with Gasteiger partial charge in [-0.2, -0.15) is 13.2 Å². The fourth-order valence-electron chi connectivity index (χ4n) is 8.62. The van der Waals surface area contributed by atoms with Crippen LogP contribution in [0.15, 0.2) is 67.3 Å². The SMILES string of the molecule is C=C[C@@H]1C[C@]1(NC(=O)[C@@H]1C[C@@H](Oc2cc(-c3ccccc3)nc3cc(OC)ccc23)CN1C(=O)[C@@H](CC(=O)N1CCC(C(F)(F)F)CC1)C(C)(C)C)C(=O)N(C1CC1)S(=O)O. The number of carbonyl (C=O) groups excluding carboxylic acids is 4. The van der Waals surface area contributed by atoms with Gasteiger partial charge in [0.05, 0.1) is 36.7 Å². The number of piperidine rings is 1. The maximum Gasteiger partial charge on any atom is 0.391 e. The average Bonchev–Trinajstić information content (AvgIpc) is 4.15. The van der Waals surface area contributed by atoms with Gasteiger partial charge in [-0.15, -0.1) is 6.58 Å². The molecule has 2 aliphatic carbocycles. The largest absolute Gasteiger partial charge is 0.497 e. The predicted octanol–water partition coefficient (Wildman–Crippen LogP) is 6.30. The van der Waals surface area contributed by atoms with E-state index in [0.717, 1.165) is 9.87 Å². The third kappa shape index (κ3) is 9.27. The van der Waals surface area contributed by atoms with E-state index in [9.17, 15) is 41.1 Å². The van der Waals surface area contributed by atoms with Gasteiger partial charge in [0.2, 0.25) is 17.7 Å². The summed E-state index contributed by atoms with van der Waals surface area (Å²) in [6.07, 6.45) is -3.17. The van der Waals surface area contributed by atoms with Crippen molar-refractivity contribution in [2.45, 2.75) is 95.6 Å². The maximum absolute atomic E-state index is 14.9. The lowest BCUT2D eigenvalue weighted by Gasteiger charge is -2.37. The molecule has 7 rings (SSSR count). The lowest BCUT2D eigenvalue weighted by atomic mass is 9.77. The van der Waals surface area contributed by atoms with E-state index < -0.39 is 88.0 Å². The van der Waals surface area contributed by atoms with E-state index in [0.29, 0.717) is 40.9 Å². The van der Waals surface area contributed by atoms with Gasteiger partial charge >= 0.3 is 6.18 Å². The fraction of sp³-hybridized carbons (Fsp3) is 0.523. The highest BCUT2D eigenvalue weighted by Crippen LogP contribution is 2.48. The van der Waals surface area contributed by atoms with Gasteiger partial charge in [-0.1, -0.05) is 57.2 Å². The molecule has 2 saturated carbocycles. The summed E-state index contributed by atoms with van der Waals surface area (Å²) in [7, 11) is 1.55. The Morgan fingerprint density at radius 1 is 1.07 bits per heavy atom. The Bertz CT molecular complexity index is 2210. The van der Waals surface area contributed by atoms with Crippen LogP contribution in [0.3, 0.4) is 0 Å². The van der Waals surface area contributed by atoms with Crippen LogP contribution in [0.2, 0.25) is 0 Å². The molecule has 4 amide bonds. The molecule has 61 heavy (non-hydrogen) atoms. The average molecular weight is 868 g/mol. The first-order valence-electron chi connectivity index (χ1n) is 20.6.